The van der Waals surface area contributed by atoms with Gasteiger partial charge >= 0.3 is 17.9 Å². The van der Waals surface area contributed by atoms with Gasteiger partial charge < -0.3 is 14.2 Å². The molecule has 0 heterocycles. The third-order valence-corrected chi connectivity index (χ3v) is 13.0. The van der Waals surface area contributed by atoms with Crippen molar-refractivity contribution in [2.24, 2.45) is 17.8 Å². The molecule has 0 bridgehead atoms. The van der Waals surface area contributed by atoms with E-state index in [-0.39, 0.29) is 31.1 Å². The molecule has 0 fully saturated rings. The van der Waals surface area contributed by atoms with Gasteiger partial charge in [0, 0.05) is 19.3 Å². The van der Waals surface area contributed by atoms with Crippen molar-refractivity contribution in [2.75, 3.05) is 13.2 Å². The van der Waals surface area contributed by atoms with Gasteiger partial charge in [0.15, 0.2) is 6.10 Å². The second kappa shape index (κ2) is 47.4. The zero-order valence-corrected chi connectivity index (χ0v) is 42.7. The van der Waals surface area contributed by atoms with Gasteiger partial charge in [-0.3, -0.25) is 14.4 Å². The average Bonchev–Trinajstić information content (AvgIpc) is 3.24. The predicted octanol–water partition coefficient (Wildman–Crippen LogP) is 17.9. The van der Waals surface area contributed by atoms with E-state index < -0.39 is 6.10 Å². The fraction of sp³-hybridized carbons (Fsp3) is 0.946. The molecule has 62 heavy (non-hydrogen) atoms. The van der Waals surface area contributed by atoms with Crippen LogP contribution in [0.2, 0.25) is 0 Å². The number of carbonyl (C=O) groups excluding carboxylic acids is 3. The fourth-order valence-electron chi connectivity index (χ4n) is 8.44. The molecule has 0 aromatic rings. The smallest absolute Gasteiger partial charge is 0.306 e. The maximum Gasteiger partial charge on any atom is 0.306 e. The van der Waals surface area contributed by atoms with E-state index in [1.807, 2.05) is 0 Å². The van der Waals surface area contributed by atoms with Crippen LogP contribution in [0.4, 0.5) is 0 Å². The van der Waals surface area contributed by atoms with Crippen molar-refractivity contribution in [1.82, 2.24) is 0 Å². The van der Waals surface area contributed by atoms with Gasteiger partial charge in [-0.1, -0.05) is 266 Å². The summed E-state index contributed by atoms with van der Waals surface area (Å²) in [6.45, 7) is 13.8. The minimum Gasteiger partial charge on any atom is -0.462 e. The highest BCUT2D eigenvalue weighted by Gasteiger charge is 2.19. The van der Waals surface area contributed by atoms with E-state index >= 15 is 0 Å². The highest BCUT2D eigenvalue weighted by atomic mass is 16.6. The third-order valence-electron chi connectivity index (χ3n) is 13.0. The second-order valence-electron chi connectivity index (χ2n) is 20.4. The first-order chi connectivity index (χ1) is 30.1. The standard InChI is InChI=1S/C56H108O6/c1-7-52(6)44-38-32-26-20-15-16-21-27-33-39-45-54(57)60-48-53(49-61-55(58)46-40-34-28-23-17-19-25-31-37-43-51(4)5)62-56(59)47-41-35-29-22-14-12-10-8-9-11-13-18-24-30-36-42-50(2)3/h50-53H,7-49H2,1-6H3/t52?,53-/m1/s1. The van der Waals surface area contributed by atoms with Crippen LogP contribution in [0.3, 0.4) is 0 Å². The molecule has 0 saturated heterocycles. The summed E-state index contributed by atoms with van der Waals surface area (Å²) >= 11 is 0. The quantitative estimate of drug-likeness (QED) is 0.0344. The molecule has 6 heteroatoms. The Morgan fingerprint density at radius 3 is 0.839 bits per heavy atom. The predicted molar refractivity (Wildman–Crippen MR) is 266 cm³/mol. The van der Waals surface area contributed by atoms with Crippen LogP contribution < -0.4 is 0 Å². The van der Waals surface area contributed by atoms with E-state index in [0.717, 1.165) is 75.5 Å². The first-order valence-electron chi connectivity index (χ1n) is 27.6. The lowest BCUT2D eigenvalue weighted by molar-refractivity contribution is -0.167. The summed E-state index contributed by atoms with van der Waals surface area (Å²) in [7, 11) is 0. The molecule has 0 N–H and O–H groups in total. The van der Waals surface area contributed by atoms with Crippen LogP contribution in [0.1, 0.15) is 305 Å². The van der Waals surface area contributed by atoms with Crippen molar-refractivity contribution >= 4 is 17.9 Å². The van der Waals surface area contributed by atoms with E-state index in [1.165, 1.54) is 186 Å². The summed E-state index contributed by atoms with van der Waals surface area (Å²) in [4.78, 5) is 38.0. The molecule has 0 aliphatic heterocycles. The molecule has 368 valence electrons. The van der Waals surface area contributed by atoms with Crippen LogP contribution >= 0.6 is 0 Å². The number of carbonyl (C=O) groups is 3. The molecule has 0 aliphatic carbocycles. The molecule has 2 atom stereocenters. The third kappa shape index (κ3) is 47.9. The number of ether oxygens (including phenoxy) is 3. The number of hydrogen-bond donors (Lipinski definition) is 0. The van der Waals surface area contributed by atoms with Gasteiger partial charge in [-0.05, 0) is 37.0 Å². The molecule has 0 aromatic carbocycles. The van der Waals surface area contributed by atoms with E-state index in [1.54, 1.807) is 0 Å². The Hall–Kier alpha value is -1.59. The topological polar surface area (TPSA) is 78.9 Å². The summed E-state index contributed by atoms with van der Waals surface area (Å²) in [5.41, 5.74) is 0. The SMILES string of the molecule is CCC(C)CCCCCCCCCCCCC(=O)OC[C@H](COC(=O)CCCCCCCCCCCC(C)C)OC(=O)CCCCCCCCCCCCCCCCCC(C)C. The molecular weight excluding hydrogens is 769 g/mol. The minimum absolute atomic E-state index is 0.0644. The van der Waals surface area contributed by atoms with Crippen molar-refractivity contribution in [3.05, 3.63) is 0 Å². The maximum atomic E-state index is 12.8. The number of rotatable bonds is 49. The lowest BCUT2D eigenvalue weighted by atomic mass is 9.99. The highest BCUT2D eigenvalue weighted by molar-refractivity contribution is 5.71. The maximum absolute atomic E-state index is 12.8. The van der Waals surface area contributed by atoms with Gasteiger partial charge in [0.05, 0.1) is 0 Å². The van der Waals surface area contributed by atoms with E-state index in [4.69, 9.17) is 14.2 Å². The van der Waals surface area contributed by atoms with Gasteiger partial charge in [-0.15, -0.1) is 0 Å². The molecule has 0 rings (SSSR count). The summed E-state index contributed by atoms with van der Waals surface area (Å²) in [5, 5.41) is 0. The summed E-state index contributed by atoms with van der Waals surface area (Å²) in [6, 6.07) is 0. The fourth-order valence-corrected chi connectivity index (χ4v) is 8.44. The highest BCUT2D eigenvalue weighted by Crippen LogP contribution is 2.18. The van der Waals surface area contributed by atoms with Gasteiger partial charge in [0.2, 0.25) is 0 Å². The molecule has 1 unspecified atom stereocenters. The van der Waals surface area contributed by atoms with E-state index in [9.17, 15) is 14.4 Å². The molecule has 0 spiro atoms. The Morgan fingerprint density at radius 1 is 0.323 bits per heavy atom. The summed E-state index contributed by atoms with van der Waals surface area (Å²) < 4.78 is 16.9. The number of hydrogen-bond acceptors (Lipinski definition) is 6. The number of esters is 3. The Morgan fingerprint density at radius 2 is 0.565 bits per heavy atom. The van der Waals surface area contributed by atoms with E-state index in [2.05, 4.69) is 41.5 Å². The Kier molecular flexibility index (Phi) is 46.2. The molecule has 0 aromatic heterocycles. The molecule has 0 radical (unpaired) electrons. The van der Waals surface area contributed by atoms with Crippen LogP contribution in [0.5, 0.6) is 0 Å². The Bertz CT molecular complexity index is 962. The van der Waals surface area contributed by atoms with Crippen molar-refractivity contribution < 1.29 is 28.6 Å². The summed E-state index contributed by atoms with van der Waals surface area (Å²) in [6.07, 6.45) is 48.0. The van der Waals surface area contributed by atoms with Gasteiger partial charge in [0.25, 0.3) is 0 Å². The van der Waals surface area contributed by atoms with Crippen LogP contribution in [0, 0.1) is 17.8 Å². The van der Waals surface area contributed by atoms with Crippen molar-refractivity contribution in [3.63, 3.8) is 0 Å². The lowest BCUT2D eigenvalue weighted by Gasteiger charge is -2.18. The lowest BCUT2D eigenvalue weighted by Crippen LogP contribution is -2.30. The van der Waals surface area contributed by atoms with Crippen LogP contribution in [0.15, 0.2) is 0 Å². The molecule has 6 nitrogen and oxygen atoms in total. The second-order valence-corrected chi connectivity index (χ2v) is 20.4. The van der Waals surface area contributed by atoms with Crippen LogP contribution in [0.25, 0.3) is 0 Å². The van der Waals surface area contributed by atoms with Crippen molar-refractivity contribution in [1.29, 1.82) is 0 Å². The molecule has 0 amide bonds. The van der Waals surface area contributed by atoms with Crippen molar-refractivity contribution in [3.8, 4) is 0 Å². The van der Waals surface area contributed by atoms with Gasteiger partial charge in [0.1, 0.15) is 13.2 Å². The summed E-state index contributed by atoms with van der Waals surface area (Å²) in [5.74, 6) is 1.68. The average molecular weight is 877 g/mol. The van der Waals surface area contributed by atoms with Crippen LogP contribution in [-0.4, -0.2) is 37.2 Å². The molecular formula is C56H108O6. The zero-order valence-electron chi connectivity index (χ0n) is 42.7. The Balaban J connectivity index is 4.30. The monoisotopic (exact) mass is 877 g/mol. The first kappa shape index (κ1) is 60.4. The first-order valence-corrected chi connectivity index (χ1v) is 27.6. The van der Waals surface area contributed by atoms with Gasteiger partial charge in [-0.25, -0.2) is 0 Å². The molecule has 0 aliphatic rings. The zero-order chi connectivity index (χ0) is 45.6. The van der Waals surface area contributed by atoms with Gasteiger partial charge in [-0.2, -0.15) is 0 Å². The largest absolute Gasteiger partial charge is 0.462 e. The Labute approximate surface area is 387 Å². The number of unbranched alkanes of at least 4 members (excludes halogenated alkanes) is 31. The van der Waals surface area contributed by atoms with E-state index in [0.29, 0.717) is 19.3 Å². The van der Waals surface area contributed by atoms with Crippen LogP contribution in [-0.2, 0) is 28.6 Å². The molecule has 0 saturated carbocycles. The normalized spacial score (nSPS) is 12.6. The minimum atomic E-state index is -0.763. The van der Waals surface area contributed by atoms with Crippen molar-refractivity contribution in [2.45, 2.75) is 311 Å².